The van der Waals surface area contributed by atoms with Gasteiger partial charge in [-0.1, -0.05) is 257 Å². The first kappa shape index (κ1) is 59.0. The van der Waals surface area contributed by atoms with Crippen LogP contribution in [0.15, 0.2) is 24.3 Å². The fourth-order valence-electron chi connectivity index (χ4n) is 9.37. The van der Waals surface area contributed by atoms with Crippen LogP contribution in [0.5, 0.6) is 0 Å². The Morgan fingerprint density at radius 2 is 0.500 bits per heavy atom. The summed E-state index contributed by atoms with van der Waals surface area (Å²) in [6, 6.07) is 8.65. The standard InChI is InChI=1S/C56H108N2O4/c1-5-9-13-17-21-25-29-33-41-53(59)47-57(48-54(60)42-34-30-26-22-18-14-10-6-2)45-51-39-37-38-40-52(51)46-58(49-55(61)43-35-31-27-23-19-15-11-7-3)50-56(62)44-36-32-28-24-20-16-12-8-4/h37-40,53-56,59-62H,5-36,41-50H2,1-4H3. The Balaban J connectivity index is 2.98. The van der Waals surface area contributed by atoms with E-state index >= 15 is 0 Å². The predicted octanol–water partition coefficient (Wildman–Crippen LogP) is 14.9. The molecule has 4 N–H and O–H groups in total. The number of benzene rings is 1. The number of hydrogen-bond acceptors (Lipinski definition) is 6. The maximum atomic E-state index is 11.3. The zero-order chi connectivity index (χ0) is 45.1. The molecular formula is C56H108N2O4. The Kier molecular flexibility index (Phi) is 41.7. The van der Waals surface area contributed by atoms with Crippen LogP contribution < -0.4 is 0 Å². The molecule has 0 saturated heterocycles. The summed E-state index contributed by atoms with van der Waals surface area (Å²) >= 11 is 0. The third-order valence-electron chi connectivity index (χ3n) is 13.3. The minimum absolute atomic E-state index is 0.410. The fourth-order valence-corrected chi connectivity index (χ4v) is 9.37. The minimum Gasteiger partial charge on any atom is -0.392 e. The van der Waals surface area contributed by atoms with Gasteiger partial charge in [0.1, 0.15) is 0 Å². The number of unbranched alkanes of at least 4 members (excludes halogenated alkanes) is 28. The van der Waals surface area contributed by atoms with Crippen molar-refractivity contribution in [2.75, 3.05) is 26.2 Å². The first-order valence-corrected chi connectivity index (χ1v) is 27.6. The zero-order valence-corrected chi connectivity index (χ0v) is 42.0. The molecule has 0 bridgehead atoms. The van der Waals surface area contributed by atoms with Gasteiger partial charge >= 0.3 is 0 Å². The van der Waals surface area contributed by atoms with Crippen LogP contribution in [0.2, 0.25) is 0 Å². The molecular weight excluding hydrogens is 765 g/mol. The van der Waals surface area contributed by atoms with Crippen molar-refractivity contribution in [1.82, 2.24) is 9.80 Å². The molecule has 6 nitrogen and oxygen atoms in total. The molecule has 0 aromatic heterocycles. The number of nitrogens with zero attached hydrogens (tertiary/aromatic N) is 2. The summed E-state index contributed by atoms with van der Waals surface area (Å²) in [6.07, 6.45) is 41.9. The van der Waals surface area contributed by atoms with Crippen LogP contribution in [-0.4, -0.2) is 80.8 Å². The number of aliphatic hydroxyl groups is 4. The van der Waals surface area contributed by atoms with Crippen molar-refractivity contribution in [3.63, 3.8) is 0 Å². The molecule has 0 radical (unpaired) electrons. The third-order valence-corrected chi connectivity index (χ3v) is 13.3. The summed E-state index contributed by atoms with van der Waals surface area (Å²) in [6.45, 7) is 12.7. The van der Waals surface area contributed by atoms with E-state index in [0.29, 0.717) is 39.3 Å². The predicted molar refractivity (Wildman–Crippen MR) is 270 cm³/mol. The highest BCUT2D eigenvalue weighted by atomic mass is 16.3. The van der Waals surface area contributed by atoms with Crippen molar-refractivity contribution in [1.29, 1.82) is 0 Å². The highest BCUT2D eigenvalue weighted by Gasteiger charge is 2.21. The highest BCUT2D eigenvalue weighted by Crippen LogP contribution is 2.21. The van der Waals surface area contributed by atoms with Crippen LogP contribution in [0.3, 0.4) is 0 Å². The first-order chi connectivity index (χ1) is 30.3. The van der Waals surface area contributed by atoms with Gasteiger partial charge in [0, 0.05) is 39.3 Å². The average molecular weight is 873 g/mol. The Labute approximate surface area is 386 Å². The van der Waals surface area contributed by atoms with E-state index in [9.17, 15) is 20.4 Å². The molecule has 0 aliphatic rings. The maximum Gasteiger partial charge on any atom is 0.0667 e. The number of aliphatic hydroxyl groups excluding tert-OH is 4. The van der Waals surface area contributed by atoms with E-state index in [1.54, 1.807) is 0 Å². The van der Waals surface area contributed by atoms with Crippen LogP contribution >= 0.6 is 0 Å². The summed E-state index contributed by atoms with van der Waals surface area (Å²) in [4.78, 5) is 4.62. The van der Waals surface area contributed by atoms with Crippen LogP contribution in [-0.2, 0) is 13.1 Å². The van der Waals surface area contributed by atoms with Crippen molar-refractivity contribution in [3.8, 4) is 0 Å². The molecule has 0 amide bonds. The van der Waals surface area contributed by atoms with Crippen LogP contribution in [0.4, 0.5) is 0 Å². The monoisotopic (exact) mass is 873 g/mol. The van der Waals surface area contributed by atoms with E-state index in [-0.39, 0.29) is 0 Å². The summed E-state index contributed by atoms with van der Waals surface area (Å²) in [5.74, 6) is 0. The number of rotatable bonds is 48. The van der Waals surface area contributed by atoms with Gasteiger partial charge in [0.2, 0.25) is 0 Å². The van der Waals surface area contributed by atoms with E-state index in [1.807, 2.05) is 0 Å². The van der Waals surface area contributed by atoms with Crippen molar-refractivity contribution in [2.45, 2.75) is 296 Å². The topological polar surface area (TPSA) is 87.4 Å². The van der Waals surface area contributed by atoms with Gasteiger partial charge in [-0.05, 0) is 36.8 Å². The molecule has 1 rings (SSSR count). The Bertz CT molecular complexity index is 920. The molecule has 0 fully saturated rings. The SMILES string of the molecule is CCCCCCCCCCC(O)CN(Cc1ccccc1CN(CC(O)CCCCCCCCCC)CC(O)CCCCCCCCCC)CC(O)CCCCCCCCCC. The smallest absolute Gasteiger partial charge is 0.0667 e. The second-order valence-corrected chi connectivity index (χ2v) is 19.8. The maximum absolute atomic E-state index is 11.3. The molecule has 6 heteroatoms. The molecule has 0 aliphatic heterocycles. The Morgan fingerprint density at radius 1 is 0.306 bits per heavy atom. The zero-order valence-electron chi connectivity index (χ0n) is 42.0. The molecule has 62 heavy (non-hydrogen) atoms. The van der Waals surface area contributed by atoms with Crippen molar-refractivity contribution in [3.05, 3.63) is 35.4 Å². The van der Waals surface area contributed by atoms with Gasteiger partial charge in [0.15, 0.2) is 0 Å². The molecule has 1 aromatic rings. The van der Waals surface area contributed by atoms with E-state index < -0.39 is 24.4 Å². The lowest BCUT2D eigenvalue weighted by molar-refractivity contribution is 0.0528. The molecule has 0 spiro atoms. The Morgan fingerprint density at radius 3 is 0.710 bits per heavy atom. The quantitative estimate of drug-likeness (QED) is 0.0488. The Hall–Kier alpha value is -1.02. The van der Waals surface area contributed by atoms with Gasteiger partial charge in [0.25, 0.3) is 0 Å². The second-order valence-electron chi connectivity index (χ2n) is 19.8. The molecule has 0 aliphatic carbocycles. The normalized spacial score (nSPS) is 14.0. The van der Waals surface area contributed by atoms with Crippen LogP contribution in [0.1, 0.15) is 270 Å². The number of hydrogen-bond donors (Lipinski definition) is 4. The average Bonchev–Trinajstić information content (AvgIpc) is 3.25. The van der Waals surface area contributed by atoms with E-state index in [4.69, 9.17) is 0 Å². The molecule has 4 atom stereocenters. The van der Waals surface area contributed by atoms with Gasteiger partial charge in [-0.2, -0.15) is 0 Å². The van der Waals surface area contributed by atoms with Crippen molar-refractivity contribution < 1.29 is 20.4 Å². The first-order valence-electron chi connectivity index (χ1n) is 27.6. The van der Waals surface area contributed by atoms with Gasteiger partial charge in [0.05, 0.1) is 24.4 Å². The lowest BCUT2D eigenvalue weighted by atomic mass is 10.0. The summed E-state index contributed by atoms with van der Waals surface area (Å²) in [5.41, 5.74) is 2.43. The molecule has 4 unspecified atom stereocenters. The molecule has 1 aromatic carbocycles. The highest BCUT2D eigenvalue weighted by molar-refractivity contribution is 5.27. The van der Waals surface area contributed by atoms with Crippen LogP contribution in [0, 0.1) is 0 Å². The van der Waals surface area contributed by atoms with Gasteiger partial charge < -0.3 is 20.4 Å². The third kappa shape index (κ3) is 36.2. The summed E-state index contributed by atoms with van der Waals surface area (Å²) in [7, 11) is 0. The van der Waals surface area contributed by atoms with E-state index in [0.717, 1.165) is 51.4 Å². The lowest BCUT2D eigenvalue weighted by Gasteiger charge is -2.31. The van der Waals surface area contributed by atoms with E-state index in [2.05, 4.69) is 61.8 Å². The second kappa shape index (κ2) is 43.9. The largest absolute Gasteiger partial charge is 0.392 e. The minimum atomic E-state index is -0.410. The van der Waals surface area contributed by atoms with Crippen molar-refractivity contribution in [2.24, 2.45) is 0 Å². The lowest BCUT2D eigenvalue weighted by Crippen LogP contribution is -2.39. The molecule has 366 valence electrons. The summed E-state index contributed by atoms with van der Waals surface area (Å²) < 4.78 is 0. The molecule has 0 saturated carbocycles. The summed E-state index contributed by atoms with van der Waals surface area (Å²) in [5, 5.41) is 45.4. The fraction of sp³-hybridized carbons (Fsp3) is 0.893. The van der Waals surface area contributed by atoms with Gasteiger partial charge in [-0.15, -0.1) is 0 Å². The van der Waals surface area contributed by atoms with Crippen LogP contribution in [0.25, 0.3) is 0 Å². The van der Waals surface area contributed by atoms with Gasteiger partial charge in [-0.3, -0.25) is 9.80 Å². The van der Waals surface area contributed by atoms with Gasteiger partial charge in [-0.25, -0.2) is 0 Å². The molecule has 0 heterocycles. The van der Waals surface area contributed by atoms with E-state index in [1.165, 1.54) is 191 Å². The van der Waals surface area contributed by atoms with Crippen molar-refractivity contribution >= 4 is 0 Å².